The van der Waals surface area contributed by atoms with Gasteiger partial charge in [-0.15, -0.1) is 0 Å². The Morgan fingerprint density at radius 2 is 2.11 bits per heavy atom. The summed E-state index contributed by atoms with van der Waals surface area (Å²) in [7, 11) is 0. The predicted octanol–water partition coefficient (Wildman–Crippen LogP) is 2.08. The monoisotopic (exact) mass is 367 g/mol. The van der Waals surface area contributed by atoms with Crippen molar-refractivity contribution >= 4 is 11.7 Å². The summed E-state index contributed by atoms with van der Waals surface area (Å²) in [6, 6.07) is 1.58. The molecule has 2 aromatic heterocycles. The quantitative estimate of drug-likeness (QED) is 0.865. The van der Waals surface area contributed by atoms with Gasteiger partial charge in [-0.05, 0) is 32.2 Å². The minimum Gasteiger partial charge on any atom is -0.453 e. The number of aromatic nitrogens is 3. The number of carbonyl (C=O) groups is 1. The van der Waals surface area contributed by atoms with Gasteiger partial charge < -0.3 is 14.8 Å². The molecule has 1 aliphatic carbocycles. The molecule has 2 aromatic rings. The number of likely N-dealkylation sites (tertiary alicyclic amines) is 1. The molecule has 1 saturated heterocycles. The van der Waals surface area contributed by atoms with E-state index in [2.05, 4.69) is 25.2 Å². The first-order valence-corrected chi connectivity index (χ1v) is 9.38. The Morgan fingerprint density at radius 3 is 2.93 bits per heavy atom. The van der Waals surface area contributed by atoms with Gasteiger partial charge in [-0.2, -0.15) is 0 Å². The molecule has 0 radical (unpaired) electrons. The van der Waals surface area contributed by atoms with Gasteiger partial charge in [0.05, 0.1) is 24.1 Å². The maximum atomic E-state index is 12.8. The Hall–Kier alpha value is -2.74. The number of hydrogen-bond acceptors (Lipinski definition) is 7. The van der Waals surface area contributed by atoms with Crippen LogP contribution in [0.25, 0.3) is 0 Å². The lowest BCUT2D eigenvalue weighted by atomic mass is 10.2. The SMILES string of the molecule is O=C(Nc1cnc(C2CC2)cn1)C1CCCN1Cc1nccc2c1OCO2. The first kappa shape index (κ1) is 16.4. The van der Waals surface area contributed by atoms with Gasteiger partial charge in [-0.25, -0.2) is 4.98 Å². The highest BCUT2D eigenvalue weighted by molar-refractivity contribution is 5.94. The standard InChI is InChI=1S/C19H21N5O3/c25-19(23-17-9-21-13(8-22-17)12-3-4-12)15-2-1-7-24(15)10-14-18-16(5-6-20-14)26-11-27-18/h5-6,8-9,12,15H,1-4,7,10-11H2,(H,22,23,25). The molecular weight excluding hydrogens is 346 g/mol. The van der Waals surface area contributed by atoms with E-state index in [0.717, 1.165) is 30.8 Å². The zero-order valence-electron chi connectivity index (χ0n) is 14.9. The van der Waals surface area contributed by atoms with E-state index in [1.165, 1.54) is 12.8 Å². The molecule has 3 aliphatic rings. The number of pyridine rings is 1. The van der Waals surface area contributed by atoms with Crippen molar-refractivity contribution in [1.82, 2.24) is 19.9 Å². The van der Waals surface area contributed by atoms with Gasteiger partial charge in [0.2, 0.25) is 12.7 Å². The third-order valence-electron chi connectivity index (χ3n) is 5.30. The van der Waals surface area contributed by atoms with Crippen LogP contribution >= 0.6 is 0 Å². The molecule has 27 heavy (non-hydrogen) atoms. The molecule has 8 nitrogen and oxygen atoms in total. The molecule has 0 bridgehead atoms. The third-order valence-corrected chi connectivity index (χ3v) is 5.30. The van der Waals surface area contributed by atoms with E-state index in [0.29, 0.717) is 29.8 Å². The van der Waals surface area contributed by atoms with Crippen molar-refractivity contribution in [2.45, 2.75) is 44.2 Å². The molecule has 2 fully saturated rings. The van der Waals surface area contributed by atoms with Crippen LogP contribution in [-0.2, 0) is 11.3 Å². The van der Waals surface area contributed by atoms with Gasteiger partial charge in [-0.1, -0.05) is 0 Å². The number of carbonyl (C=O) groups excluding carboxylic acids is 1. The van der Waals surface area contributed by atoms with E-state index in [1.54, 1.807) is 24.7 Å². The first-order chi connectivity index (χ1) is 13.3. The second kappa shape index (κ2) is 6.77. The van der Waals surface area contributed by atoms with Crippen molar-refractivity contribution in [2.75, 3.05) is 18.7 Å². The molecule has 8 heteroatoms. The molecule has 5 rings (SSSR count). The molecule has 1 N–H and O–H groups in total. The molecule has 2 aliphatic heterocycles. The molecule has 1 atom stereocenters. The number of amides is 1. The van der Waals surface area contributed by atoms with E-state index in [-0.39, 0.29) is 18.7 Å². The van der Waals surface area contributed by atoms with E-state index < -0.39 is 0 Å². The highest BCUT2D eigenvalue weighted by Gasteiger charge is 2.33. The van der Waals surface area contributed by atoms with Crippen LogP contribution in [0.5, 0.6) is 11.5 Å². The molecule has 1 unspecified atom stereocenters. The van der Waals surface area contributed by atoms with Gasteiger partial charge >= 0.3 is 0 Å². The van der Waals surface area contributed by atoms with Gasteiger partial charge in [0.25, 0.3) is 0 Å². The Kier molecular flexibility index (Phi) is 4.12. The summed E-state index contributed by atoms with van der Waals surface area (Å²) in [5.74, 6) is 2.41. The zero-order chi connectivity index (χ0) is 18.2. The van der Waals surface area contributed by atoms with Crippen LogP contribution < -0.4 is 14.8 Å². The first-order valence-electron chi connectivity index (χ1n) is 9.38. The summed E-state index contributed by atoms with van der Waals surface area (Å²) in [6.45, 7) is 1.61. The van der Waals surface area contributed by atoms with Crippen LogP contribution in [0.2, 0.25) is 0 Å². The Balaban J connectivity index is 1.26. The third kappa shape index (κ3) is 3.32. The molecule has 4 heterocycles. The van der Waals surface area contributed by atoms with Gasteiger partial charge in [0, 0.05) is 24.7 Å². The van der Waals surface area contributed by atoms with Crippen LogP contribution in [0.3, 0.4) is 0 Å². The second-order valence-corrected chi connectivity index (χ2v) is 7.21. The van der Waals surface area contributed by atoms with Crippen molar-refractivity contribution in [3.05, 3.63) is 36.0 Å². The van der Waals surface area contributed by atoms with E-state index >= 15 is 0 Å². The summed E-state index contributed by atoms with van der Waals surface area (Å²) < 4.78 is 10.9. The van der Waals surface area contributed by atoms with Crippen molar-refractivity contribution in [2.24, 2.45) is 0 Å². The van der Waals surface area contributed by atoms with E-state index in [9.17, 15) is 4.79 Å². The number of anilines is 1. The fraction of sp³-hybridized carbons (Fsp3) is 0.474. The highest BCUT2D eigenvalue weighted by atomic mass is 16.7. The van der Waals surface area contributed by atoms with E-state index in [1.807, 2.05) is 0 Å². The van der Waals surface area contributed by atoms with Crippen LogP contribution in [-0.4, -0.2) is 45.1 Å². The summed E-state index contributed by atoms with van der Waals surface area (Å²) >= 11 is 0. The minimum absolute atomic E-state index is 0.0503. The number of ether oxygens (including phenoxy) is 2. The van der Waals surface area contributed by atoms with Crippen molar-refractivity contribution in [1.29, 1.82) is 0 Å². The molecule has 0 spiro atoms. The van der Waals surface area contributed by atoms with Gasteiger partial charge in [0.1, 0.15) is 5.69 Å². The topological polar surface area (TPSA) is 89.5 Å². The average molecular weight is 367 g/mol. The average Bonchev–Trinajstić information content (AvgIpc) is 3.23. The van der Waals surface area contributed by atoms with Gasteiger partial charge in [-0.3, -0.25) is 19.7 Å². The number of hydrogen-bond donors (Lipinski definition) is 1. The lowest BCUT2D eigenvalue weighted by Gasteiger charge is -2.23. The van der Waals surface area contributed by atoms with Crippen LogP contribution in [0.15, 0.2) is 24.7 Å². The van der Waals surface area contributed by atoms with Crippen molar-refractivity contribution in [3.63, 3.8) is 0 Å². The van der Waals surface area contributed by atoms with Crippen LogP contribution in [0.1, 0.15) is 43.0 Å². The lowest BCUT2D eigenvalue weighted by molar-refractivity contribution is -0.120. The Morgan fingerprint density at radius 1 is 1.19 bits per heavy atom. The molecule has 1 amide bonds. The fourth-order valence-electron chi connectivity index (χ4n) is 3.71. The van der Waals surface area contributed by atoms with Crippen molar-refractivity contribution in [3.8, 4) is 11.5 Å². The maximum Gasteiger partial charge on any atom is 0.242 e. The largest absolute Gasteiger partial charge is 0.453 e. The number of nitrogens with one attached hydrogen (secondary N) is 1. The van der Waals surface area contributed by atoms with Crippen LogP contribution in [0, 0.1) is 0 Å². The van der Waals surface area contributed by atoms with Crippen LogP contribution in [0.4, 0.5) is 5.82 Å². The summed E-state index contributed by atoms with van der Waals surface area (Å²) in [6.07, 6.45) is 9.29. The number of fused-ring (bicyclic) bond motifs is 1. The lowest BCUT2D eigenvalue weighted by Crippen LogP contribution is -2.39. The molecular formula is C19H21N5O3. The second-order valence-electron chi connectivity index (χ2n) is 7.21. The van der Waals surface area contributed by atoms with Gasteiger partial charge in [0.15, 0.2) is 17.3 Å². The summed E-state index contributed by atoms with van der Waals surface area (Å²) in [4.78, 5) is 28.1. The Bertz CT molecular complexity index is 853. The minimum atomic E-state index is -0.213. The summed E-state index contributed by atoms with van der Waals surface area (Å²) in [5, 5.41) is 2.91. The fourth-order valence-corrected chi connectivity index (χ4v) is 3.71. The zero-order valence-corrected chi connectivity index (χ0v) is 14.9. The smallest absolute Gasteiger partial charge is 0.242 e. The number of rotatable bonds is 5. The normalized spacial score (nSPS) is 21.4. The highest BCUT2D eigenvalue weighted by Crippen LogP contribution is 2.38. The Labute approximate surface area is 156 Å². The number of nitrogens with zero attached hydrogens (tertiary/aromatic N) is 4. The molecule has 1 saturated carbocycles. The van der Waals surface area contributed by atoms with E-state index in [4.69, 9.17) is 9.47 Å². The molecule has 140 valence electrons. The predicted molar refractivity (Wildman–Crippen MR) is 96.4 cm³/mol. The molecule has 0 aromatic carbocycles. The summed E-state index contributed by atoms with van der Waals surface area (Å²) in [5.41, 5.74) is 1.82. The maximum absolute atomic E-state index is 12.8. The van der Waals surface area contributed by atoms with Crippen molar-refractivity contribution < 1.29 is 14.3 Å².